The van der Waals surface area contributed by atoms with Crippen LogP contribution < -0.4 is 0 Å². The minimum absolute atomic E-state index is 0.309. The Bertz CT molecular complexity index is 275. The lowest BCUT2D eigenvalue weighted by Crippen LogP contribution is -1.96. The SMILES string of the molecule is FC(F)(F)SC#CC1=CC=CC1. The predicted octanol–water partition coefficient (Wildman–Crippen LogP) is 3.09. The van der Waals surface area contributed by atoms with Crippen molar-refractivity contribution >= 4 is 11.8 Å². The molecule has 0 nitrogen and oxygen atoms in total. The second kappa shape index (κ2) is 3.72. The maximum absolute atomic E-state index is 11.6. The van der Waals surface area contributed by atoms with E-state index in [-0.39, 0.29) is 11.8 Å². The first-order valence-corrected chi connectivity index (χ1v) is 4.01. The Hall–Kier alpha value is -0.820. The molecule has 0 amide bonds. The summed E-state index contributed by atoms with van der Waals surface area (Å²) in [6.07, 6.45) is 5.99. The number of alkyl halides is 3. The van der Waals surface area contributed by atoms with Crippen LogP contribution in [0.5, 0.6) is 0 Å². The molecule has 0 aliphatic heterocycles. The van der Waals surface area contributed by atoms with E-state index >= 15 is 0 Å². The quantitative estimate of drug-likeness (QED) is 0.529. The fraction of sp³-hybridized carbons (Fsp3) is 0.250. The van der Waals surface area contributed by atoms with Gasteiger partial charge in [0.2, 0.25) is 0 Å². The largest absolute Gasteiger partial charge is 0.453 e. The standard InChI is InChI=1S/C8H5F3S/c9-8(10,11)12-6-5-7-3-1-2-4-7/h1-3H,4H2. The van der Waals surface area contributed by atoms with Gasteiger partial charge in [-0.3, -0.25) is 0 Å². The summed E-state index contributed by atoms with van der Waals surface area (Å²) < 4.78 is 34.7. The molecule has 1 rings (SSSR count). The molecular weight excluding hydrogens is 185 g/mol. The van der Waals surface area contributed by atoms with E-state index in [2.05, 4.69) is 5.92 Å². The Labute approximate surface area is 72.5 Å². The summed E-state index contributed by atoms with van der Waals surface area (Å²) >= 11 is -0.309. The van der Waals surface area contributed by atoms with Crippen molar-refractivity contribution in [2.75, 3.05) is 0 Å². The van der Waals surface area contributed by atoms with Crippen LogP contribution in [-0.4, -0.2) is 5.51 Å². The molecule has 0 aromatic heterocycles. The minimum atomic E-state index is -4.25. The average molecular weight is 190 g/mol. The van der Waals surface area contributed by atoms with Gasteiger partial charge in [0.1, 0.15) is 0 Å². The van der Waals surface area contributed by atoms with Crippen LogP contribution in [0.4, 0.5) is 13.2 Å². The molecule has 0 saturated heterocycles. The molecule has 0 bridgehead atoms. The molecule has 1 aliphatic carbocycles. The van der Waals surface area contributed by atoms with Crippen molar-refractivity contribution in [3.8, 4) is 11.2 Å². The lowest BCUT2D eigenvalue weighted by atomic mass is 10.2. The summed E-state index contributed by atoms with van der Waals surface area (Å²) in [5.74, 6) is 2.43. The van der Waals surface area contributed by atoms with Crippen molar-refractivity contribution in [1.82, 2.24) is 0 Å². The Balaban J connectivity index is 2.40. The molecule has 0 N–H and O–H groups in total. The molecular formula is C8H5F3S. The first-order valence-electron chi connectivity index (χ1n) is 3.19. The van der Waals surface area contributed by atoms with Gasteiger partial charge >= 0.3 is 5.51 Å². The van der Waals surface area contributed by atoms with Crippen molar-refractivity contribution in [2.24, 2.45) is 0 Å². The number of hydrogen-bond donors (Lipinski definition) is 0. The lowest BCUT2D eigenvalue weighted by molar-refractivity contribution is -0.0318. The molecule has 12 heavy (non-hydrogen) atoms. The summed E-state index contributed by atoms with van der Waals surface area (Å²) in [7, 11) is 0. The van der Waals surface area contributed by atoms with E-state index in [1.807, 2.05) is 11.3 Å². The van der Waals surface area contributed by atoms with Crippen LogP contribution in [0.2, 0.25) is 0 Å². The average Bonchev–Trinajstić information content (AvgIpc) is 2.36. The van der Waals surface area contributed by atoms with Gasteiger partial charge in [-0.05, 0) is 11.7 Å². The third kappa shape index (κ3) is 3.54. The van der Waals surface area contributed by atoms with Crippen LogP contribution in [0.3, 0.4) is 0 Å². The zero-order valence-corrected chi connectivity index (χ0v) is 6.80. The van der Waals surface area contributed by atoms with E-state index in [0.29, 0.717) is 6.42 Å². The third-order valence-corrected chi connectivity index (χ3v) is 1.59. The molecule has 0 atom stereocenters. The van der Waals surface area contributed by atoms with Crippen LogP contribution >= 0.6 is 11.8 Å². The van der Waals surface area contributed by atoms with Crippen LogP contribution in [0.25, 0.3) is 0 Å². The van der Waals surface area contributed by atoms with Crippen molar-refractivity contribution in [2.45, 2.75) is 11.9 Å². The minimum Gasteiger partial charge on any atom is -0.160 e. The highest BCUT2D eigenvalue weighted by Crippen LogP contribution is 2.29. The van der Waals surface area contributed by atoms with E-state index in [1.54, 1.807) is 12.2 Å². The van der Waals surface area contributed by atoms with Gasteiger partial charge in [-0.1, -0.05) is 24.1 Å². The second-order valence-corrected chi connectivity index (χ2v) is 2.97. The van der Waals surface area contributed by atoms with Gasteiger partial charge < -0.3 is 0 Å². The molecule has 0 aromatic carbocycles. The maximum Gasteiger partial charge on any atom is 0.453 e. The van der Waals surface area contributed by atoms with Gasteiger partial charge in [-0.2, -0.15) is 13.2 Å². The molecule has 64 valence electrons. The highest BCUT2D eigenvalue weighted by Gasteiger charge is 2.27. The molecule has 4 heteroatoms. The van der Waals surface area contributed by atoms with E-state index < -0.39 is 5.51 Å². The first kappa shape index (κ1) is 9.27. The monoisotopic (exact) mass is 190 g/mol. The van der Waals surface area contributed by atoms with Crippen LogP contribution in [-0.2, 0) is 0 Å². The highest BCUT2D eigenvalue weighted by molar-refractivity contribution is 8.04. The fourth-order valence-electron chi connectivity index (χ4n) is 0.689. The third-order valence-electron chi connectivity index (χ3n) is 1.15. The Morgan fingerprint density at radius 2 is 2.17 bits per heavy atom. The van der Waals surface area contributed by atoms with Crippen LogP contribution in [0.15, 0.2) is 23.8 Å². The molecule has 0 fully saturated rings. The predicted molar refractivity (Wildman–Crippen MR) is 43.3 cm³/mol. The molecule has 0 aromatic rings. The van der Waals surface area contributed by atoms with Gasteiger partial charge in [0, 0.05) is 17.3 Å². The van der Waals surface area contributed by atoms with Gasteiger partial charge in [-0.25, -0.2) is 0 Å². The number of thioether (sulfide) groups is 1. The number of allylic oxidation sites excluding steroid dienone is 4. The summed E-state index contributed by atoms with van der Waals surface area (Å²) in [6.45, 7) is 0. The molecule has 0 spiro atoms. The van der Waals surface area contributed by atoms with Crippen molar-refractivity contribution < 1.29 is 13.2 Å². The molecule has 0 heterocycles. The van der Waals surface area contributed by atoms with Gasteiger partial charge in [0.25, 0.3) is 0 Å². The molecule has 0 saturated carbocycles. The fourth-order valence-corrected chi connectivity index (χ4v) is 0.987. The molecule has 0 radical (unpaired) electrons. The van der Waals surface area contributed by atoms with Gasteiger partial charge in [0.15, 0.2) is 0 Å². The first-order chi connectivity index (χ1) is 5.58. The van der Waals surface area contributed by atoms with E-state index in [9.17, 15) is 13.2 Å². The summed E-state index contributed by atoms with van der Waals surface area (Å²) in [5, 5.41) is 2.00. The molecule has 1 aliphatic rings. The van der Waals surface area contributed by atoms with Crippen LogP contribution in [0.1, 0.15) is 6.42 Å². The Kier molecular flexibility index (Phi) is 2.88. The topological polar surface area (TPSA) is 0 Å². The normalized spacial score (nSPS) is 15.4. The van der Waals surface area contributed by atoms with Crippen LogP contribution in [0, 0.1) is 11.2 Å². The Morgan fingerprint density at radius 1 is 1.42 bits per heavy atom. The lowest BCUT2D eigenvalue weighted by Gasteiger charge is -1.95. The smallest absolute Gasteiger partial charge is 0.160 e. The maximum atomic E-state index is 11.6. The van der Waals surface area contributed by atoms with E-state index in [1.165, 1.54) is 0 Å². The zero-order valence-electron chi connectivity index (χ0n) is 5.98. The van der Waals surface area contributed by atoms with Crippen molar-refractivity contribution in [3.05, 3.63) is 23.8 Å². The van der Waals surface area contributed by atoms with E-state index in [4.69, 9.17) is 0 Å². The highest BCUT2D eigenvalue weighted by atomic mass is 32.2. The van der Waals surface area contributed by atoms with Gasteiger partial charge in [-0.15, -0.1) is 0 Å². The van der Waals surface area contributed by atoms with E-state index in [0.717, 1.165) is 5.57 Å². The van der Waals surface area contributed by atoms with Gasteiger partial charge in [0.05, 0.1) is 0 Å². The summed E-state index contributed by atoms with van der Waals surface area (Å²) in [5.41, 5.74) is -3.52. The Morgan fingerprint density at radius 3 is 2.67 bits per heavy atom. The molecule has 0 unspecified atom stereocenters. The summed E-state index contributed by atoms with van der Waals surface area (Å²) in [4.78, 5) is 0. The van der Waals surface area contributed by atoms with Crippen molar-refractivity contribution in [1.29, 1.82) is 0 Å². The van der Waals surface area contributed by atoms with Crippen molar-refractivity contribution in [3.63, 3.8) is 0 Å². The number of rotatable bonds is 0. The summed E-state index contributed by atoms with van der Waals surface area (Å²) in [6, 6.07) is 0. The number of hydrogen-bond acceptors (Lipinski definition) is 1. The second-order valence-electron chi connectivity index (χ2n) is 2.10. The number of halogens is 3. The zero-order chi connectivity index (χ0) is 9.03.